The van der Waals surface area contributed by atoms with E-state index in [4.69, 9.17) is 5.73 Å². The molecule has 0 bridgehead atoms. The average molecular weight is 450 g/mol. The normalized spacial score (nSPS) is 15.1. The van der Waals surface area contributed by atoms with Gasteiger partial charge in [-0.25, -0.2) is 0 Å². The van der Waals surface area contributed by atoms with E-state index in [1.807, 2.05) is 6.07 Å². The third-order valence-electron chi connectivity index (χ3n) is 5.98. The van der Waals surface area contributed by atoms with E-state index in [1.54, 1.807) is 6.07 Å². The van der Waals surface area contributed by atoms with Gasteiger partial charge in [0.15, 0.2) is 0 Å². The standard InChI is InChI=1S/C24H23N3O4S/c1-13-7-5-8-14(2)19(13)16-10-6-12-18-20(16)21(22(25)28)24(32-18)26-23(29)15-9-3-4-11-17(15)27(30)31/h3-5,7-9,11,16H,6,10,12H2,1-2H3,(H2,25,28)(H,26,29). The van der Waals surface area contributed by atoms with Crippen molar-refractivity contribution >= 4 is 33.8 Å². The number of nitrogens with zero attached hydrogens (tertiary/aromatic N) is 1. The number of thiophene rings is 1. The first-order chi connectivity index (χ1) is 15.3. The topological polar surface area (TPSA) is 115 Å². The van der Waals surface area contributed by atoms with Crippen molar-refractivity contribution in [3.63, 3.8) is 0 Å². The molecule has 1 heterocycles. The predicted octanol–water partition coefficient (Wildman–Crippen LogP) is 5.09. The van der Waals surface area contributed by atoms with Crippen LogP contribution in [0.2, 0.25) is 0 Å². The van der Waals surface area contributed by atoms with Crippen molar-refractivity contribution in [1.29, 1.82) is 0 Å². The summed E-state index contributed by atoms with van der Waals surface area (Å²) >= 11 is 1.34. The number of rotatable bonds is 5. The second-order valence-electron chi connectivity index (χ2n) is 7.99. The molecule has 1 aliphatic carbocycles. The molecule has 4 rings (SSSR count). The summed E-state index contributed by atoms with van der Waals surface area (Å²) in [6.07, 6.45) is 2.64. The van der Waals surface area contributed by atoms with E-state index in [0.29, 0.717) is 10.6 Å². The van der Waals surface area contributed by atoms with Crippen molar-refractivity contribution in [2.24, 2.45) is 5.73 Å². The molecular weight excluding hydrogens is 426 g/mol. The summed E-state index contributed by atoms with van der Waals surface area (Å²) in [7, 11) is 0. The smallest absolute Gasteiger partial charge is 0.282 e. The lowest BCUT2D eigenvalue weighted by Gasteiger charge is -2.27. The molecule has 1 aliphatic rings. The second-order valence-corrected chi connectivity index (χ2v) is 9.09. The van der Waals surface area contributed by atoms with E-state index < -0.39 is 16.7 Å². The molecule has 0 radical (unpaired) electrons. The molecule has 164 valence electrons. The van der Waals surface area contributed by atoms with Crippen LogP contribution in [0.1, 0.15) is 66.6 Å². The molecular formula is C24H23N3O4S. The molecule has 0 saturated heterocycles. The van der Waals surface area contributed by atoms with Crippen molar-refractivity contribution in [3.8, 4) is 0 Å². The number of anilines is 1. The molecule has 2 aromatic carbocycles. The maximum Gasteiger partial charge on any atom is 0.282 e. The van der Waals surface area contributed by atoms with Gasteiger partial charge in [-0.1, -0.05) is 30.3 Å². The molecule has 7 nitrogen and oxygen atoms in total. The van der Waals surface area contributed by atoms with Crippen LogP contribution in [0.5, 0.6) is 0 Å². The Labute approximate surface area is 189 Å². The number of hydrogen-bond acceptors (Lipinski definition) is 5. The Morgan fingerprint density at radius 2 is 1.78 bits per heavy atom. The summed E-state index contributed by atoms with van der Waals surface area (Å²) in [6, 6.07) is 11.9. The highest BCUT2D eigenvalue weighted by atomic mass is 32.1. The highest BCUT2D eigenvalue weighted by molar-refractivity contribution is 7.17. The lowest BCUT2D eigenvalue weighted by molar-refractivity contribution is -0.385. The van der Waals surface area contributed by atoms with Gasteiger partial charge in [0.25, 0.3) is 17.5 Å². The average Bonchev–Trinajstić information content (AvgIpc) is 3.12. The first-order valence-corrected chi connectivity index (χ1v) is 11.2. The fourth-order valence-corrected chi connectivity index (χ4v) is 5.95. The highest BCUT2D eigenvalue weighted by Crippen LogP contribution is 2.47. The number of fused-ring (bicyclic) bond motifs is 1. The Balaban J connectivity index is 1.80. The number of nitrogens with two attached hydrogens (primary N) is 1. The van der Waals surface area contributed by atoms with Crippen molar-refractivity contribution < 1.29 is 14.5 Å². The number of aryl methyl sites for hydroxylation is 3. The van der Waals surface area contributed by atoms with Crippen LogP contribution in [-0.4, -0.2) is 16.7 Å². The van der Waals surface area contributed by atoms with E-state index >= 15 is 0 Å². The Morgan fingerprint density at radius 3 is 2.44 bits per heavy atom. The van der Waals surface area contributed by atoms with Gasteiger partial charge in [-0.05, 0) is 61.4 Å². The van der Waals surface area contributed by atoms with Crippen LogP contribution in [-0.2, 0) is 6.42 Å². The van der Waals surface area contributed by atoms with E-state index in [2.05, 4.69) is 31.3 Å². The lowest BCUT2D eigenvalue weighted by Crippen LogP contribution is -2.21. The Kier molecular flexibility index (Phi) is 5.80. The maximum atomic E-state index is 12.9. The number of para-hydroxylation sites is 1. The number of nitro benzene ring substituents is 1. The Hall–Kier alpha value is -3.52. The summed E-state index contributed by atoms with van der Waals surface area (Å²) < 4.78 is 0. The number of nitro groups is 1. The van der Waals surface area contributed by atoms with Gasteiger partial charge in [0, 0.05) is 16.9 Å². The summed E-state index contributed by atoms with van der Waals surface area (Å²) in [4.78, 5) is 37.2. The Morgan fingerprint density at radius 1 is 1.09 bits per heavy atom. The zero-order valence-electron chi connectivity index (χ0n) is 17.8. The zero-order chi connectivity index (χ0) is 23.0. The molecule has 1 unspecified atom stereocenters. The van der Waals surface area contributed by atoms with Gasteiger partial charge in [-0.3, -0.25) is 19.7 Å². The third-order valence-corrected chi connectivity index (χ3v) is 7.16. The summed E-state index contributed by atoms with van der Waals surface area (Å²) in [5.74, 6) is -1.24. The van der Waals surface area contributed by atoms with Crippen molar-refractivity contribution in [3.05, 3.63) is 90.8 Å². The third kappa shape index (κ3) is 3.78. The van der Waals surface area contributed by atoms with Crippen molar-refractivity contribution in [2.75, 3.05) is 5.32 Å². The van der Waals surface area contributed by atoms with Crippen LogP contribution >= 0.6 is 11.3 Å². The van der Waals surface area contributed by atoms with Crippen LogP contribution in [0.4, 0.5) is 10.7 Å². The fraction of sp³-hybridized carbons (Fsp3) is 0.250. The number of hydrogen-bond donors (Lipinski definition) is 2. The molecule has 0 aliphatic heterocycles. The maximum absolute atomic E-state index is 12.9. The molecule has 0 saturated carbocycles. The van der Waals surface area contributed by atoms with E-state index in [1.165, 1.54) is 35.1 Å². The quantitative estimate of drug-likeness (QED) is 0.417. The molecule has 3 N–H and O–H groups in total. The molecule has 1 aromatic heterocycles. The van der Waals surface area contributed by atoms with Crippen LogP contribution in [0.3, 0.4) is 0 Å². The van der Waals surface area contributed by atoms with Gasteiger partial charge in [-0.2, -0.15) is 0 Å². The lowest BCUT2D eigenvalue weighted by atomic mass is 9.77. The number of amides is 2. The monoisotopic (exact) mass is 449 g/mol. The molecule has 32 heavy (non-hydrogen) atoms. The number of carbonyl (C=O) groups excluding carboxylic acids is 2. The van der Waals surface area contributed by atoms with E-state index in [-0.39, 0.29) is 17.2 Å². The predicted molar refractivity (Wildman–Crippen MR) is 125 cm³/mol. The van der Waals surface area contributed by atoms with Crippen molar-refractivity contribution in [2.45, 2.75) is 39.0 Å². The van der Waals surface area contributed by atoms with Gasteiger partial charge in [-0.15, -0.1) is 11.3 Å². The van der Waals surface area contributed by atoms with Gasteiger partial charge >= 0.3 is 0 Å². The SMILES string of the molecule is Cc1cccc(C)c1C1CCCc2sc(NC(=O)c3ccccc3[N+](=O)[O-])c(C(N)=O)c21. The number of carbonyl (C=O) groups is 2. The minimum absolute atomic E-state index is 0.00964. The number of nitrogens with one attached hydrogen (secondary N) is 1. The zero-order valence-corrected chi connectivity index (χ0v) is 18.6. The van der Waals surface area contributed by atoms with Gasteiger partial charge in [0.05, 0.1) is 10.5 Å². The largest absolute Gasteiger partial charge is 0.365 e. The summed E-state index contributed by atoms with van der Waals surface area (Å²) in [6.45, 7) is 4.12. The number of primary amides is 1. The molecule has 0 spiro atoms. The van der Waals surface area contributed by atoms with Gasteiger partial charge < -0.3 is 11.1 Å². The van der Waals surface area contributed by atoms with Gasteiger partial charge in [0.2, 0.25) is 0 Å². The van der Waals surface area contributed by atoms with Crippen LogP contribution in [0, 0.1) is 24.0 Å². The molecule has 0 fully saturated rings. The first kappa shape index (κ1) is 21.7. The fourth-order valence-electron chi connectivity index (χ4n) is 4.65. The van der Waals surface area contributed by atoms with Crippen LogP contribution in [0.15, 0.2) is 42.5 Å². The molecule has 3 aromatic rings. The van der Waals surface area contributed by atoms with Crippen LogP contribution in [0.25, 0.3) is 0 Å². The van der Waals surface area contributed by atoms with Crippen LogP contribution < -0.4 is 11.1 Å². The molecule has 8 heteroatoms. The highest BCUT2D eigenvalue weighted by Gasteiger charge is 2.33. The number of benzene rings is 2. The molecule has 1 atom stereocenters. The van der Waals surface area contributed by atoms with Crippen molar-refractivity contribution in [1.82, 2.24) is 0 Å². The van der Waals surface area contributed by atoms with E-state index in [0.717, 1.165) is 40.8 Å². The van der Waals surface area contributed by atoms with E-state index in [9.17, 15) is 19.7 Å². The van der Waals surface area contributed by atoms with Gasteiger partial charge in [0.1, 0.15) is 10.6 Å². The minimum atomic E-state index is -0.637. The summed E-state index contributed by atoms with van der Waals surface area (Å²) in [5, 5.41) is 14.4. The molecule has 2 amide bonds. The first-order valence-electron chi connectivity index (χ1n) is 10.4. The minimum Gasteiger partial charge on any atom is -0.365 e. The summed E-state index contributed by atoms with van der Waals surface area (Å²) in [5.41, 5.74) is 10.1. The Bertz CT molecular complexity index is 1230. The second kappa shape index (κ2) is 8.55.